The molecule has 0 aromatic heterocycles. The van der Waals surface area contributed by atoms with Crippen molar-refractivity contribution in [3.05, 3.63) is 29.8 Å². The lowest BCUT2D eigenvalue weighted by Gasteiger charge is -2.23. The first-order chi connectivity index (χ1) is 8.75. The van der Waals surface area contributed by atoms with Crippen LogP contribution in [0.4, 0.5) is 8.78 Å². The van der Waals surface area contributed by atoms with Crippen molar-refractivity contribution in [3.8, 4) is 5.75 Å². The molecule has 2 rings (SSSR count). The number of ether oxygens (including phenoxy) is 2. The van der Waals surface area contributed by atoms with E-state index in [2.05, 4.69) is 10.1 Å². The minimum absolute atomic E-state index is 0.243. The quantitative estimate of drug-likeness (QED) is 0.879. The highest BCUT2D eigenvalue weighted by Crippen LogP contribution is 2.20. The van der Waals surface area contributed by atoms with E-state index in [1.165, 1.54) is 0 Å². The van der Waals surface area contributed by atoms with Gasteiger partial charge in [-0.05, 0) is 18.9 Å². The number of para-hydroxylation sites is 1. The highest BCUT2D eigenvalue weighted by Gasteiger charge is 2.14. The van der Waals surface area contributed by atoms with Gasteiger partial charge in [-0.1, -0.05) is 18.2 Å². The number of alkyl halides is 2. The van der Waals surface area contributed by atoms with Gasteiger partial charge >= 0.3 is 6.61 Å². The zero-order chi connectivity index (χ0) is 12.8. The lowest BCUT2D eigenvalue weighted by atomic mass is 10.1. The summed E-state index contributed by atoms with van der Waals surface area (Å²) in [4.78, 5) is 0. The Morgan fingerprint density at radius 1 is 1.28 bits per heavy atom. The molecule has 3 nitrogen and oxygen atoms in total. The number of halogens is 2. The van der Waals surface area contributed by atoms with Crippen molar-refractivity contribution >= 4 is 0 Å². The zero-order valence-electron chi connectivity index (χ0n) is 10.1. The molecule has 0 unspecified atom stereocenters. The Kier molecular flexibility index (Phi) is 4.90. The van der Waals surface area contributed by atoms with Crippen LogP contribution < -0.4 is 10.1 Å². The third-order valence-electron chi connectivity index (χ3n) is 2.99. The molecule has 1 aromatic rings. The Morgan fingerprint density at radius 3 is 2.72 bits per heavy atom. The van der Waals surface area contributed by atoms with Crippen LogP contribution >= 0.6 is 0 Å². The molecule has 1 fully saturated rings. The first kappa shape index (κ1) is 13.2. The van der Waals surface area contributed by atoms with Gasteiger partial charge in [0, 0.05) is 31.4 Å². The molecular formula is C13H17F2NO2. The van der Waals surface area contributed by atoms with Crippen LogP contribution in [0.5, 0.6) is 5.75 Å². The van der Waals surface area contributed by atoms with Crippen molar-refractivity contribution < 1.29 is 18.3 Å². The number of hydrogen-bond donors (Lipinski definition) is 1. The van der Waals surface area contributed by atoms with Crippen molar-refractivity contribution in [2.24, 2.45) is 0 Å². The Hall–Kier alpha value is -1.20. The monoisotopic (exact) mass is 257 g/mol. The molecule has 1 aliphatic heterocycles. The minimum atomic E-state index is -2.78. The number of hydrogen-bond acceptors (Lipinski definition) is 3. The summed E-state index contributed by atoms with van der Waals surface area (Å²) in [6.07, 6.45) is 1.91. The van der Waals surface area contributed by atoms with Gasteiger partial charge in [-0.3, -0.25) is 0 Å². The van der Waals surface area contributed by atoms with Crippen LogP contribution in [0.15, 0.2) is 24.3 Å². The second-order valence-electron chi connectivity index (χ2n) is 4.25. The van der Waals surface area contributed by atoms with Gasteiger partial charge < -0.3 is 14.8 Å². The summed E-state index contributed by atoms with van der Waals surface area (Å²) in [5.74, 6) is 0.243. The summed E-state index contributed by atoms with van der Waals surface area (Å²) in [5, 5.41) is 3.35. The summed E-state index contributed by atoms with van der Waals surface area (Å²) in [5.41, 5.74) is 0.754. The van der Waals surface area contributed by atoms with Crippen molar-refractivity contribution in [2.75, 3.05) is 13.2 Å². The first-order valence-electron chi connectivity index (χ1n) is 6.09. The van der Waals surface area contributed by atoms with E-state index in [1.54, 1.807) is 18.2 Å². The summed E-state index contributed by atoms with van der Waals surface area (Å²) < 4.78 is 34.2. The van der Waals surface area contributed by atoms with Crippen LogP contribution in [0, 0.1) is 0 Å². The van der Waals surface area contributed by atoms with Crippen LogP contribution in [0.3, 0.4) is 0 Å². The first-order valence-corrected chi connectivity index (χ1v) is 6.09. The van der Waals surface area contributed by atoms with Crippen LogP contribution in [-0.2, 0) is 11.3 Å². The average molecular weight is 257 g/mol. The van der Waals surface area contributed by atoms with Gasteiger partial charge in [-0.15, -0.1) is 0 Å². The largest absolute Gasteiger partial charge is 0.434 e. The van der Waals surface area contributed by atoms with Gasteiger partial charge in [-0.25, -0.2) is 0 Å². The molecule has 1 N–H and O–H groups in total. The van der Waals surface area contributed by atoms with Crippen molar-refractivity contribution in [1.29, 1.82) is 0 Å². The molecule has 0 bridgehead atoms. The highest BCUT2D eigenvalue weighted by molar-refractivity contribution is 5.33. The molecule has 1 saturated heterocycles. The molecule has 0 spiro atoms. The van der Waals surface area contributed by atoms with E-state index in [0.717, 1.165) is 31.6 Å². The topological polar surface area (TPSA) is 30.5 Å². The van der Waals surface area contributed by atoms with E-state index < -0.39 is 6.61 Å². The number of nitrogens with one attached hydrogen (secondary N) is 1. The molecule has 1 aliphatic rings. The van der Waals surface area contributed by atoms with Crippen LogP contribution in [0.2, 0.25) is 0 Å². The van der Waals surface area contributed by atoms with Crippen LogP contribution in [0.25, 0.3) is 0 Å². The Bertz CT molecular complexity index is 368. The maximum atomic E-state index is 12.2. The SMILES string of the molecule is FC(F)Oc1ccccc1CNC1CCOCC1. The van der Waals surface area contributed by atoms with Crippen molar-refractivity contribution in [1.82, 2.24) is 5.32 Å². The molecule has 1 heterocycles. The van der Waals surface area contributed by atoms with Crippen molar-refractivity contribution in [3.63, 3.8) is 0 Å². The molecule has 0 saturated carbocycles. The fraction of sp³-hybridized carbons (Fsp3) is 0.538. The molecule has 0 amide bonds. The molecule has 0 aliphatic carbocycles. The zero-order valence-corrected chi connectivity index (χ0v) is 10.1. The third kappa shape index (κ3) is 3.92. The Morgan fingerprint density at radius 2 is 2.00 bits per heavy atom. The van der Waals surface area contributed by atoms with Gasteiger partial charge in [0.1, 0.15) is 5.75 Å². The van der Waals surface area contributed by atoms with Gasteiger partial charge in [0.15, 0.2) is 0 Å². The maximum Gasteiger partial charge on any atom is 0.387 e. The minimum Gasteiger partial charge on any atom is -0.434 e. The molecule has 5 heteroatoms. The highest BCUT2D eigenvalue weighted by atomic mass is 19.3. The van der Waals surface area contributed by atoms with E-state index in [4.69, 9.17) is 4.74 Å². The van der Waals surface area contributed by atoms with Crippen LogP contribution in [-0.4, -0.2) is 25.9 Å². The predicted octanol–water partition coefficient (Wildman–Crippen LogP) is 2.56. The number of benzene rings is 1. The second kappa shape index (κ2) is 6.66. The summed E-state index contributed by atoms with van der Waals surface area (Å²) in [6.45, 7) is -0.734. The van der Waals surface area contributed by atoms with Crippen LogP contribution in [0.1, 0.15) is 18.4 Å². The molecule has 0 atom stereocenters. The summed E-state index contributed by atoms with van der Waals surface area (Å²) in [6, 6.07) is 7.25. The van der Waals surface area contributed by atoms with E-state index >= 15 is 0 Å². The molecule has 18 heavy (non-hydrogen) atoms. The standard InChI is InChI=1S/C13H17F2NO2/c14-13(15)18-12-4-2-1-3-10(12)9-16-11-5-7-17-8-6-11/h1-4,11,13,16H,5-9H2. The van der Waals surface area contributed by atoms with Gasteiger partial charge in [-0.2, -0.15) is 8.78 Å². The third-order valence-corrected chi connectivity index (χ3v) is 2.99. The second-order valence-corrected chi connectivity index (χ2v) is 4.25. The number of rotatable bonds is 5. The van der Waals surface area contributed by atoms with Crippen molar-refractivity contribution in [2.45, 2.75) is 32.0 Å². The smallest absolute Gasteiger partial charge is 0.387 e. The summed E-state index contributed by atoms with van der Waals surface area (Å²) >= 11 is 0. The molecule has 1 aromatic carbocycles. The molecule has 100 valence electrons. The summed E-state index contributed by atoms with van der Waals surface area (Å²) in [7, 11) is 0. The van der Waals surface area contributed by atoms with Gasteiger partial charge in [0.2, 0.25) is 0 Å². The maximum absolute atomic E-state index is 12.2. The van der Waals surface area contributed by atoms with Gasteiger partial charge in [0.25, 0.3) is 0 Å². The Balaban J connectivity index is 1.91. The fourth-order valence-electron chi connectivity index (χ4n) is 2.02. The fourth-order valence-corrected chi connectivity index (χ4v) is 2.02. The predicted molar refractivity (Wildman–Crippen MR) is 63.8 cm³/mol. The molecular weight excluding hydrogens is 240 g/mol. The van der Waals surface area contributed by atoms with Gasteiger partial charge in [0.05, 0.1) is 0 Å². The lowest BCUT2D eigenvalue weighted by Crippen LogP contribution is -2.34. The Labute approximate surface area is 105 Å². The van der Waals surface area contributed by atoms with E-state index in [0.29, 0.717) is 12.6 Å². The van der Waals surface area contributed by atoms with E-state index in [9.17, 15) is 8.78 Å². The average Bonchev–Trinajstić information content (AvgIpc) is 2.38. The van der Waals surface area contributed by atoms with E-state index in [-0.39, 0.29) is 5.75 Å². The lowest BCUT2D eigenvalue weighted by molar-refractivity contribution is -0.0505. The van der Waals surface area contributed by atoms with E-state index in [1.807, 2.05) is 6.07 Å². The normalized spacial score (nSPS) is 17.1. The molecule has 0 radical (unpaired) electrons.